The summed E-state index contributed by atoms with van der Waals surface area (Å²) >= 11 is 0. The van der Waals surface area contributed by atoms with Crippen LogP contribution in [0.3, 0.4) is 0 Å². The predicted octanol–water partition coefficient (Wildman–Crippen LogP) is 4.91. The van der Waals surface area contributed by atoms with Crippen molar-refractivity contribution >= 4 is 5.78 Å². The van der Waals surface area contributed by atoms with Gasteiger partial charge in [-0.25, -0.2) is 13.8 Å². The molecule has 4 rings (SSSR count). The third-order valence-electron chi connectivity index (χ3n) is 7.33. The van der Waals surface area contributed by atoms with Crippen molar-refractivity contribution in [3.05, 3.63) is 35.2 Å². The molecule has 0 spiro atoms. The number of hydrogen-bond acceptors (Lipinski definition) is 7. The molecule has 0 N–H and O–H groups in total. The van der Waals surface area contributed by atoms with Gasteiger partial charge in [-0.1, -0.05) is 18.9 Å². The number of fused-ring (bicyclic) bond motifs is 1. The van der Waals surface area contributed by atoms with Crippen LogP contribution in [-0.2, 0) is 24.1 Å². The van der Waals surface area contributed by atoms with E-state index in [4.69, 9.17) is 14.0 Å². The Morgan fingerprint density at radius 2 is 1.89 bits per heavy atom. The predicted molar refractivity (Wildman–Crippen MR) is 131 cm³/mol. The minimum Gasteiger partial charge on any atom is -0.479 e. The highest BCUT2D eigenvalue weighted by Gasteiger charge is 2.25. The summed E-state index contributed by atoms with van der Waals surface area (Å²) in [4.78, 5) is 19.4. The van der Waals surface area contributed by atoms with Gasteiger partial charge in [0.05, 0.1) is 13.5 Å². The second-order valence-electron chi connectivity index (χ2n) is 10.4. The van der Waals surface area contributed by atoms with Gasteiger partial charge in [-0.2, -0.15) is 0 Å². The third-order valence-corrected chi connectivity index (χ3v) is 7.33. The van der Waals surface area contributed by atoms with Gasteiger partial charge in [0.15, 0.2) is 6.61 Å². The average Bonchev–Trinajstić information content (AvgIpc) is 3.20. The molecule has 2 aromatic heterocycles. The van der Waals surface area contributed by atoms with Gasteiger partial charge in [0.1, 0.15) is 11.5 Å². The Labute approximate surface area is 211 Å². The molecule has 7 nitrogen and oxygen atoms in total. The molecule has 1 aliphatic carbocycles. The van der Waals surface area contributed by atoms with Gasteiger partial charge in [-0.05, 0) is 54.8 Å². The lowest BCUT2D eigenvalue weighted by atomic mass is 9.78. The van der Waals surface area contributed by atoms with E-state index >= 15 is 0 Å². The number of rotatable bonds is 11. The van der Waals surface area contributed by atoms with Crippen LogP contribution in [0.15, 0.2) is 22.7 Å². The number of methoxy groups -OCH3 is 1. The van der Waals surface area contributed by atoms with Crippen molar-refractivity contribution in [2.45, 2.75) is 70.6 Å². The first-order valence-electron chi connectivity index (χ1n) is 13.0. The van der Waals surface area contributed by atoms with Gasteiger partial charge >= 0.3 is 0 Å². The first-order valence-corrected chi connectivity index (χ1v) is 13.0. The van der Waals surface area contributed by atoms with E-state index in [1.165, 1.54) is 31.9 Å². The summed E-state index contributed by atoms with van der Waals surface area (Å²) in [5, 5.41) is 3.75. The quantitative estimate of drug-likeness (QED) is 0.429. The standard InChI is InChI=1S/C27H37F2N3O4/c1-27(28,29)18-35-25-8-7-21-10-13-32(14-11-24(21)30-25)12-9-19-3-5-20(6-4-19)15-22(33)16-23-17-26(34-2)31-36-23/h7-8,17,19-20H,3-6,9-16,18H2,1-2H3. The second-order valence-corrected chi connectivity index (χ2v) is 10.4. The van der Waals surface area contributed by atoms with E-state index < -0.39 is 12.5 Å². The highest BCUT2D eigenvalue weighted by atomic mass is 19.3. The fourth-order valence-electron chi connectivity index (χ4n) is 5.26. The molecule has 0 aromatic carbocycles. The van der Waals surface area contributed by atoms with E-state index in [2.05, 4.69) is 15.0 Å². The number of Topliss-reactive ketones (excluding diaryl/α,β-unsaturated/α-hetero) is 1. The Kier molecular flexibility index (Phi) is 8.93. The van der Waals surface area contributed by atoms with Gasteiger partial charge in [-0.15, -0.1) is 0 Å². The molecule has 0 unspecified atom stereocenters. The van der Waals surface area contributed by atoms with E-state index in [-0.39, 0.29) is 18.1 Å². The number of alkyl halides is 2. The molecule has 0 radical (unpaired) electrons. The summed E-state index contributed by atoms with van der Waals surface area (Å²) in [6.07, 6.45) is 8.33. The molecule has 198 valence electrons. The molecule has 0 saturated heterocycles. The normalized spacial score (nSPS) is 21.0. The van der Waals surface area contributed by atoms with Crippen molar-refractivity contribution in [2.24, 2.45) is 11.8 Å². The van der Waals surface area contributed by atoms with Gasteiger partial charge in [0, 0.05) is 50.7 Å². The van der Waals surface area contributed by atoms with Crippen molar-refractivity contribution in [3.63, 3.8) is 0 Å². The SMILES string of the molecule is COc1cc(CC(=O)CC2CCC(CCN3CCc4ccc(OCC(C)(F)F)nc4CC3)CC2)on1. The molecular formula is C27H37F2N3O4. The van der Waals surface area contributed by atoms with E-state index in [1.807, 2.05) is 6.07 Å². The Balaban J connectivity index is 1.15. The van der Waals surface area contributed by atoms with Gasteiger partial charge in [-0.3, -0.25) is 4.79 Å². The van der Waals surface area contributed by atoms with Crippen molar-refractivity contribution in [3.8, 4) is 11.8 Å². The van der Waals surface area contributed by atoms with Gasteiger partial charge in [0.2, 0.25) is 5.88 Å². The maximum Gasteiger partial charge on any atom is 0.278 e. The second kappa shape index (κ2) is 12.1. The monoisotopic (exact) mass is 505 g/mol. The van der Waals surface area contributed by atoms with Crippen molar-refractivity contribution in [1.82, 2.24) is 15.0 Å². The van der Waals surface area contributed by atoms with E-state index in [0.29, 0.717) is 29.9 Å². The first-order chi connectivity index (χ1) is 17.3. The zero-order chi connectivity index (χ0) is 25.5. The number of hydrogen-bond donors (Lipinski definition) is 0. The van der Waals surface area contributed by atoms with E-state index in [9.17, 15) is 13.6 Å². The first kappa shape index (κ1) is 26.5. The maximum atomic E-state index is 13.1. The zero-order valence-electron chi connectivity index (χ0n) is 21.3. The fraction of sp³-hybridized carbons (Fsp3) is 0.667. The highest BCUT2D eigenvalue weighted by Crippen LogP contribution is 2.33. The summed E-state index contributed by atoms with van der Waals surface area (Å²) in [5.41, 5.74) is 2.14. The molecule has 1 fully saturated rings. The lowest BCUT2D eigenvalue weighted by Gasteiger charge is -2.30. The summed E-state index contributed by atoms with van der Waals surface area (Å²) < 4.78 is 41.5. The number of nitrogens with zero attached hydrogens (tertiary/aromatic N) is 3. The number of halogens is 2. The number of ketones is 1. The topological polar surface area (TPSA) is 77.7 Å². The van der Waals surface area contributed by atoms with E-state index in [1.54, 1.807) is 12.1 Å². The Morgan fingerprint density at radius 1 is 1.14 bits per heavy atom. The van der Waals surface area contributed by atoms with Gasteiger partial charge in [0.25, 0.3) is 11.8 Å². The van der Waals surface area contributed by atoms with Crippen molar-refractivity contribution in [1.29, 1.82) is 0 Å². The van der Waals surface area contributed by atoms with Crippen LogP contribution in [0.5, 0.6) is 11.8 Å². The smallest absolute Gasteiger partial charge is 0.278 e. The molecule has 3 heterocycles. The third kappa shape index (κ3) is 7.98. The summed E-state index contributed by atoms with van der Waals surface area (Å²) in [6, 6.07) is 5.34. The number of carbonyl (C=O) groups is 1. The Morgan fingerprint density at radius 3 is 2.61 bits per heavy atom. The van der Waals surface area contributed by atoms with Crippen LogP contribution in [0.2, 0.25) is 0 Å². The number of ether oxygens (including phenoxy) is 2. The van der Waals surface area contributed by atoms with Crippen LogP contribution in [0, 0.1) is 11.8 Å². The van der Waals surface area contributed by atoms with Crippen LogP contribution in [0.4, 0.5) is 8.78 Å². The lowest BCUT2D eigenvalue weighted by molar-refractivity contribution is -0.119. The van der Waals surface area contributed by atoms with Crippen molar-refractivity contribution in [2.75, 3.05) is 33.4 Å². The fourth-order valence-corrected chi connectivity index (χ4v) is 5.26. The molecular weight excluding hydrogens is 468 g/mol. The van der Waals surface area contributed by atoms with Crippen LogP contribution in [0.25, 0.3) is 0 Å². The molecule has 9 heteroatoms. The van der Waals surface area contributed by atoms with Gasteiger partial charge < -0.3 is 18.9 Å². The highest BCUT2D eigenvalue weighted by molar-refractivity contribution is 5.80. The van der Waals surface area contributed by atoms with Crippen LogP contribution >= 0.6 is 0 Å². The number of aromatic nitrogens is 2. The molecule has 0 bridgehead atoms. The zero-order valence-corrected chi connectivity index (χ0v) is 21.3. The van der Waals surface area contributed by atoms with Crippen LogP contribution in [0.1, 0.15) is 62.5 Å². The molecule has 1 aliphatic heterocycles. The molecule has 1 saturated carbocycles. The lowest BCUT2D eigenvalue weighted by Crippen LogP contribution is -2.29. The summed E-state index contributed by atoms with van der Waals surface area (Å²) in [7, 11) is 1.53. The average molecular weight is 506 g/mol. The minimum atomic E-state index is -2.87. The molecule has 0 atom stereocenters. The summed E-state index contributed by atoms with van der Waals surface area (Å²) in [5.74, 6) is -0.263. The van der Waals surface area contributed by atoms with Crippen LogP contribution in [-0.4, -0.2) is 60.1 Å². The largest absolute Gasteiger partial charge is 0.479 e. The summed E-state index contributed by atoms with van der Waals surface area (Å²) in [6.45, 7) is 3.15. The number of pyridine rings is 1. The number of carbonyl (C=O) groups excluding carboxylic acids is 1. The van der Waals surface area contributed by atoms with E-state index in [0.717, 1.165) is 57.9 Å². The maximum absolute atomic E-state index is 13.1. The minimum absolute atomic E-state index is 0.201. The molecule has 2 aliphatic rings. The van der Waals surface area contributed by atoms with Crippen LogP contribution < -0.4 is 9.47 Å². The Hall–Kier alpha value is -2.55. The van der Waals surface area contributed by atoms with Crippen molar-refractivity contribution < 1.29 is 27.6 Å². The molecule has 2 aromatic rings. The molecule has 36 heavy (non-hydrogen) atoms. The Bertz CT molecular complexity index is 999. The molecule has 0 amide bonds.